The highest BCUT2D eigenvalue weighted by Crippen LogP contribution is 2.33. The van der Waals surface area contributed by atoms with Crippen LogP contribution < -0.4 is 15.7 Å². The molecule has 2 aromatic carbocycles. The van der Waals surface area contributed by atoms with E-state index < -0.39 is 5.69 Å². The van der Waals surface area contributed by atoms with Crippen LogP contribution in [0.3, 0.4) is 0 Å². The van der Waals surface area contributed by atoms with Crippen LogP contribution in [0.25, 0.3) is 27.8 Å². The summed E-state index contributed by atoms with van der Waals surface area (Å²) >= 11 is 0. The number of benzene rings is 2. The van der Waals surface area contributed by atoms with Crippen molar-refractivity contribution in [1.29, 1.82) is 0 Å². The zero-order chi connectivity index (χ0) is 21.3. The van der Waals surface area contributed by atoms with Gasteiger partial charge in [0.05, 0.1) is 35.3 Å². The standard InChI is InChI=1S/C22H22N4O4/c1-3-23-21(28)19-16-10-9-15(30-4-2)11-17(16)25-20(19)13-5-7-14(8-6-13)26-18(27)12-24-22(26)29/h5-12,25,27H,3-4H2,1-2H3,(H,23,28)(H,24,29). The summed E-state index contributed by atoms with van der Waals surface area (Å²) in [5, 5.41) is 13.5. The number of nitrogens with one attached hydrogen (secondary N) is 3. The highest BCUT2D eigenvalue weighted by Gasteiger charge is 2.20. The van der Waals surface area contributed by atoms with E-state index in [9.17, 15) is 14.7 Å². The van der Waals surface area contributed by atoms with E-state index in [1.807, 2.05) is 32.0 Å². The molecule has 0 aliphatic rings. The predicted octanol–water partition coefficient (Wildman–Crippen LogP) is 3.17. The van der Waals surface area contributed by atoms with Gasteiger partial charge in [-0.25, -0.2) is 9.36 Å². The van der Waals surface area contributed by atoms with Crippen molar-refractivity contribution in [2.75, 3.05) is 13.2 Å². The number of aromatic amines is 2. The van der Waals surface area contributed by atoms with E-state index in [-0.39, 0.29) is 11.8 Å². The number of amides is 1. The summed E-state index contributed by atoms with van der Waals surface area (Å²) in [7, 11) is 0. The quantitative estimate of drug-likeness (QED) is 0.394. The molecule has 0 atom stereocenters. The van der Waals surface area contributed by atoms with Crippen molar-refractivity contribution in [2.45, 2.75) is 13.8 Å². The van der Waals surface area contributed by atoms with Crippen LogP contribution in [0.15, 0.2) is 53.5 Å². The maximum Gasteiger partial charge on any atom is 0.333 e. The van der Waals surface area contributed by atoms with Gasteiger partial charge in [-0.05, 0) is 43.7 Å². The summed E-state index contributed by atoms with van der Waals surface area (Å²) in [6.45, 7) is 4.85. The Balaban J connectivity index is 1.83. The van der Waals surface area contributed by atoms with Gasteiger partial charge in [0.15, 0.2) is 0 Å². The van der Waals surface area contributed by atoms with Crippen molar-refractivity contribution < 1.29 is 14.6 Å². The highest BCUT2D eigenvalue weighted by molar-refractivity contribution is 6.12. The first-order valence-electron chi connectivity index (χ1n) is 9.70. The maximum absolute atomic E-state index is 12.8. The Morgan fingerprint density at radius 3 is 2.57 bits per heavy atom. The molecule has 0 spiro atoms. The Morgan fingerprint density at radius 1 is 1.17 bits per heavy atom. The van der Waals surface area contributed by atoms with Crippen molar-refractivity contribution in [3.05, 3.63) is 64.7 Å². The average Bonchev–Trinajstić information content (AvgIpc) is 3.28. The maximum atomic E-state index is 12.8. The molecule has 154 valence electrons. The summed E-state index contributed by atoms with van der Waals surface area (Å²) in [4.78, 5) is 30.5. The van der Waals surface area contributed by atoms with E-state index in [2.05, 4.69) is 15.3 Å². The summed E-state index contributed by atoms with van der Waals surface area (Å²) in [6.07, 6.45) is 1.23. The molecule has 4 aromatic rings. The first kappa shape index (κ1) is 19.4. The van der Waals surface area contributed by atoms with Gasteiger partial charge < -0.3 is 25.1 Å². The number of hydrogen-bond acceptors (Lipinski definition) is 4. The number of carbonyl (C=O) groups excluding carboxylic acids is 1. The van der Waals surface area contributed by atoms with E-state index in [4.69, 9.17) is 4.74 Å². The van der Waals surface area contributed by atoms with Crippen LogP contribution in [0, 0.1) is 0 Å². The van der Waals surface area contributed by atoms with Crippen LogP contribution in [0.1, 0.15) is 24.2 Å². The summed E-state index contributed by atoms with van der Waals surface area (Å²) in [5.74, 6) is 0.370. The Bertz CT molecular complexity index is 1260. The molecule has 2 heterocycles. The molecule has 0 fully saturated rings. The Hall–Kier alpha value is -3.94. The van der Waals surface area contributed by atoms with Crippen LogP contribution in [0.2, 0.25) is 0 Å². The molecule has 0 bridgehead atoms. The fourth-order valence-electron chi connectivity index (χ4n) is 3.52. The molecule has 0 radical (unpaired) electrons. The lowest BCUT2D eigenvalue weighted by molar-refractivity contribution is 0.0958. The van der Waals surface area contributed by atoms with E-state index >= 15 is 0 Å². The molecule has 8 nitrogen and oxygen atoms in total. The Labute approximate surface area is 172 Å². The lowest BCUT2D eigenvalue weighted by Crippen LogP contribution is -2.23. The molecule has 4 rings (SSSR count). The zero-order valence-corrected chi connectivity index (χ0v) is 16.7. The van der Waals surface area contributed by atoms with Gasteiger partial charge in [-0.3, -0.25) is 4.79 Å². The molecule has 1 amide bonds. The van der Waals surface area contributed by atoms with Crippen LogP contribution in [-0.4, -0.2) is 38.7 Å². The summed E-state index contributed by atoms with van der Waals surface area (Å²) in [6, 6.07) is 12.6. The van der Waals surface area contributed by atoms with Crippen LogP contribution in [0.4, 0.5) is 0 Å². The van der Waals surface area contributed by atoms with E-state index in [1.54, 1.807) is 24.3 Å². The van der Waals surface area contributed by atoms with Gasteiger partial charge in [0.2, 0.25) is 5.88 Å². The number of nitrogens with zero attached hydrogens (tertiary/aromatic N) is 1. The molecule has 4 N–H and O–H groups in total. The Morgan fingerprint density at radius 2 is 1.93 bits per heavy atom. The van der Waals surface area contributed by atoms with Gasteiger partial charge in [0.1, 0.15) is 5.75 Å². The minimum atomic E-state index is -0.433. The van der Waals surface area contributed by atoms with Crippen LogP contribution in [0.5, 0.6) is 11.6 Å². The molecule has 0 saturated carbocycles. The number of ether oxygens (including phenoxy) is 1. The van der Waals surface area contributed by atoms with Crippen LogP contribution in [-0.2, 0) is 0 Å². The number of carbonyl (C=O) groups is 1. The SMILES string of the molecule is CCNC(=O)c1c(-c2ccc(-n3c(O)c[nH]c3=O)cc2)[nH]c2cc(OCC)ccc12. The van der Waals surface area contributed by atoms with Gasteiger partial charge in [-0.15, -0.1) is 0 Å². The largest absolute Gasteiger partial charge is 0.494 e. The smallest absolute Gasteiger partial charge is 0.333 e. The molecule has 2 aromatic heterocycles. The lowest BCUT2D eigenvalue weighted by Gasteiger charge is -2.07. The molecular formula is C22H22N4O4. The van der Waals surface area contributed by atoms with Crippen molar-refractivity contribution in [3.63, 3.8) is 0 Å². The molecule has 0 aliphatic heterocycles. The second kappa shape index (κ2) is 7.82. The van der Waals surface area contributed by atoms with Gasteiger partial charge in [-0.2, -0.15) is 0 Å². The number of rotatable bonds is 6. The summed E-state index contributed by atoms with van der Waals surface area (Å²) in [5.41, 5.74) is 2.86. The monoisotopic (exact) mass is 406 g/mol. The zero-order valence-electron chi connectivity index (χ0n) is 16.7. The molecule has 8 heteroatoms. The number of aromatic nitrogens is 3. The topological polar surface area (TPSA) is 112 Å². The van der Waals surface area contributed by atoms with Gasteiger partial charge >= 0.3 is 5.69 Å². The van der Waals surface area contributed by atoms with Gasteiger partial charge in [0, 0.05) is 18.0 Å². The van der Waals surface area contributed by atoms with E-state index in [0.29, 0.717) is 30.1 Å². The predicted molar refractivity (Wildman–Crippen MR) is 115 cm³/mol. The lowest BCUT2D eigenvalue weighted by atomic mass is 10.0. The first-order valence-corrected chi connectivity index (χ1v) is 9.70. The van der Waals surface area contributed by atoms with Gasteiger partial charge in [-0.1, -0.05) is 12.1 Å². The minimum Gasteiger partial charge on any atom is -0.494 e. The van der Waals surface area contributed by atoms with Crippen molar-refractivity contribution in [1.82, 2.24) is 19.9 Å². The number of fused-ring (bicyclic) bond motifs is 1. The molecule has 30 heavy (non-hydrogen) atoms. The van der Waals surface area contributed by atoms with Crippen molar-refractivity contribution in [2.24, 2.45) is 0 Å². The van der Waals surface area contributed by atoms with E-state index in [0.717, 1.165) is 26.8 Å². The average molecular weight is 406 g/mol. The fourth-order valence-corrected chi connectivity index (χ4v) is 3.52. The third kappa shape index (κ3) is 3.32. The number of aromatic hydroxyl groups is 1. The molecule has 0 aliphatic carbocycles. The number of H-pyrrole nitrogens is 2. The third-order valence-electron chi connectivity index (χ3n) is 4.82. The van der Waals surface area contributed by atoms with Crippen molar-refractivity contribution >= 4 is 16.8 Å². The molecule has 0 saturated heterocycles. The highest BCUT2D eigenvalue weighted by atomic mass is 16.5. The van der Waals surface area contributed by atoms with Crippen molar-refractivity contribution in [3.8, 4) is 28.6 Å². The summed E-state index contributed by atoms with van der Waals surface area (Å²) < 4.78 is 6.74. The molecular weight excluding hydrogens is 384 g/mol. The second-order valence-corrected chi connectivity index (χ2v) is 6.71. The minimum absolute atomic E-state index is 0.175. The Kier molecular flexibility index (Phi) is 5.05. The number of hydrogen-bond donors (Lipinski definition) is 4. The van der Waals surface area contributed by atoms with Crippen LogP contribution >= 0.6 is 0 Å². The molecule has 0 unspecified atom stereocenters. The fraction of sp³-hybridized carbons (Fsp3) is 0.182. The van der Waals surface area contributed by atoms with Gasteiger partial charge in [0.25, 0.3) is 5.91 Å². The normalized spacial score (nSPS) is 11.0. The second-order valence-electron chi connectivity index (χ2n) is 6.71. The third-order valence-corrected chi connectivity index (χ3v) is 4.82. The first-order chi connectivity index (χ1) is 14.5. The van der Waals surface area contributed by atoms with E-state index in [1.165, 1.54) is 6.20 Å². The number of imidazole rings is 1.